The summed E-state index contributed by atoms with van der Waals surface area (Å²) >= 11 is 0. The van der Waals surface area contributed by atoms with E-state index in [-0.39, 0.29) is 37.4 Å². The monoisotopic (exact) mass is 293 g/mol. The minimum atomic E-state index is -0.258. The minimum Gasteiger partial charge on any atom is -0.395 e. The molecule has 0 aliphatic carbocycles. The number of nitrogens with one attached hydrogen (secondary N) is 2. The van der Waals surface area contributed by atoms with Crippen LogP contribution in [0.1, 0.15) is 36.5 Å². The highest BCUT2D eigenvalue weighted by Crippen LogP contribution is 2.10. The molecule has 21 heavy (non-hydrogen) atoms. The summed E-state index contributed by atoms with van der Waals surface area (Å²) in [6.45, 7) is 2.14. The number of anilines is 1. The van der Waals surface area contributed by atoms with Gasteiger partial charge in [-0.3, -0.25) is 9.59 Å². The van der Waals surface area contributed by atoms with Gasteiger partial charge >= 0.3 is 0 Å². The molecule has 0 bridgehead atoms. The molecule has 1 aromatic carbocycles. The summed E-state index contributed by atoms with van der Waals surface area (Å²) in [6.07, 6.45) is 2.05. The van der Waals surface area contributed by atoms with Crippen molar-refractivity contribution in [3.8, 4) is 0 Å². The summed E-state index contributed by atoms with van der Waals surface area (Å²) in [5.41, 5.74) is 6.92. The number of aliphatic hydroxyl groups is 1. The van der Waals surface area contributed by atoms with Crippen molar-refractivity contribution in [2.45, 2.75) is 32.2 Å². The highest BCUT2D eigenvalue weighted by molar-refractivity contribution is 5.95. The molecule has 1 atom stereocenters. The van der Waals surface area contributed by atoms with Crippen molar-refractivity contribution in [3.05, 3.63) is 29.8 Å². The molecule has 1 unspecified atom stereocenters. The predicted octanol–water partition coefficient (Wildman–Crippen LogP) is 0.865. The van der Waals surface area contributed by atoms with Gasteiger partial charge in [0.15, 0.2) is 0 Å². The second kappa shape index (κ2) is 9.10. The molecule has 0 saturated carbocycles. The summed E-state index contributed by atoms with van der Waals surface area (Å²) < 4.78 is 0. The molecule has 0 radical (unpaired) electrons. The molecule has 2 amide bonds. The Morgan fingerprint density at radius 1 is 1.29 bits per heavy atom. The summed E-state index contributed by atoms with van der Waals surface area (Å²) in [6, 6.07) is 6.44. The van der Waals surface area contributed by atoms with Gasteiger partial charge in [0, 0.05) is 30.3 Å². The van der Waals surface area contributed by atoms with E-state index in [0.29, 0.717) is 11.3 Å². The lowest BCUT2D eigenvalue weighted by atomic mass is 10.1. The van der Waals surface area contributed by atoms with E-state index in [1.54, 1.807) is 24.3 Å². The Morgan fingerprint density at radius 2 is 1.95 bits per heavy atom. The Morgan fingerprint density at radius 3 is 2.52 bits per heavy atom. The maximum absolute atomic E-state index is 11.8. The lowest BCUT2D eigenvalue weighted by Gasteiger charge is -2.11. The normalized spacial score (nSPS) is 11.8. The molecular weight excluding hydrogens is 270 g/mol. The molecule has 0 aromatic heterocycles. The molecular formula is C15H23N3O3. The first-order valence-corrected chi connectivity index (χ1v) is 7.11. The average Bonchev–Trinajstić information content (AvgIpc) is 2.45. The molecule has 0 saturated heterocycles. The maximum Gasteiger partial charge on any atom is 0.251 e. The molecule has 0 spiro atoms. The zero-order chi connectivity index (χ0) is 15.7. The third kappa shape index (κ3) is 6.37. The largest absolute Gasteiger partial charge is 0.395 e. The van der Waals surface area contributed by atoms with Gasteiger partial charge in [0.1, 0.15) is 0 Å². The smallest absolute Gasteiger partial charge is 0.251 e. The number of rotatable bonds is 8. The molecule has 1 rings (SSSR count). The number of carbonyl (C=O) groups excluding carboxylic acids is 2. The Labute approximate surface area is 124 Å². The first-order valence-electron chi connectivity index (χ1n) is 7.11. The number of nitrogens with two attached hydrogens (primary N) is 1. The molecule has 6 nitrogen and oxygen atoms in total. The Balaban J connectivity index is 2.50. The van der Waals surface area contributed by atoms with Crippen LogP contribution >= 0.6 is 0 Å². The first-order chi connectivity index (χ1) is 10.1. The quantitative estimate of drug-likeness (QED) is 0.570. The van der Waals surface area contributed by atoms with Crippen molar-refractivity contribution in [2.75, 3.05) is 18.5 Å². The molecule has 0 fully saturated rings. The van der Waals surface area contributed by atoms with Crippen LogP contribution < -0.4 is 16.4 Å². The van der Waals surface area contributed by atoms with Crippen molar-refractivity contribution in [3.63, 3.8) is 0 Å². The van der Waals surface area contributed by atoms with Crippen LogP contribution in [-0.4, -0.2) is 36.1 Å². The molecule has 0 aliphatic rings. The van der Waals surface area contributed by atoms with Gasteiger partial charge in [-0.1, -0.05) is 13.3 Å². The molecule has 5 N–H and O–H groups in total. The topological polar surface area (TPSA) is 104 Å². The van der Waals surface area contributed by atoms with Gasteiger partial charge in [0.2, 0.25) is 5.91 Å². The fourth-order valence-corrected chi connectivity index (χ4v) is 1.90. The fourth-order valence-electron chi connectivity index (χ4n) is 1.90. The van der Waals surface area contributed by atoms with E-state index in [1.165, 1.54) is 0 Å². The summed E-state index contributed by atoms with van der Waals surface area (Å²) in [5.74, 6) is -0.389. The minimum absolute atomic E-state index is 0.0993. The van der Waals surface area contributed by atoms with Gasteiger partial charge in [-0.05, 0) is 30.7 Å². The number of hydrogen-bond acceptors (Lipinski definition) is 4. The first kappa shape index (κ1) is 17.1. The molecule has 0 heterocycles. The lowest BCUT2D eigenvalue weighted by molar-refractivity contribution is -0.116. The van der Waals surface area contributed by atoms with Crippen molar-refractivity contribution in [1.29, 1.82) is 0 Å². The lowest BCUT2D eigenvalue weighted by Crippen LogP contribution is -2.27. The van der Waals surface area contributed by atoms with Crippen LogP contribution in [0.25, 0.3) is 0 Å². The van der Waals surface area contributed by atoms with Crippen molar-refractivity contribution >= 4 is 17.5 Å². The molecule has 6 heteroatoms. The van der Waals surface area contributed by atoms with Crippen molar-refractivity contribution in [1.82, 2.24) is 5.32 Å². The zero-order valence-electron chi connectivity index (χ0n) is 12.3. The number of carbonyl (C=O) groups is 2. The Bertz CT molecular complexity index is 460. The molecule has 1 aromatic rings. The van der Waals surface area contributed by atoms with E-state index < -0.39 is 0 Å². The highest BCUT2D eigenvalue weighted by atomic mass is 16.3. The van der Waals surface area contributed by atoms with Crippen LogP contribution in [0.4, 0.5) is 5.69 Å². The van der Waals surface area contributed by atoms with Crippen molar-refractivity contribution in [2.24, 2.45) is 5.73 Å². The van der Waals surface area contributed by atoms with E-state index >= 15 is 0 Å². The van der Waals surface area contributed by atoms with Gasteiger partial charge < -0.3 is 21.5 Å². The van der Waals surface area contributed by atoms with Gasteiger partial charge in [-0.2, -0.15) is 0 Å². The van der Waals surface area contributed by atoms with Gasteiger partial charge in [0.25, 0.3) is 5.91 Å². The standard InChI is InChI=1S/C15H23N3O3/c1-2-3-12(16)10-14(20)18-13-6-4-11(5-7-13)15(21)17-8-9-19/h4-7,12,19H,2-3,8-10,16H2,1H3,(H,17,21)(H,18,20). The average molecular weight is 293 g/mol. The molecule has 116 valence electrons. The van der Waals surface area contributed by atoms with E-state index in [9.17, 15) is 9.59 Å². The van der Waals surface area contributed by atoms with Crippen LogP contribution in [0.15, 0.2) is 24.3 Å². The summed E-state index contributed by atoms with van der Waals surface area (Å²) in [7, 11) is 0. The van der Waals surface area contributed by atoms with Crippen molar-refractivity contribution < 1.29 is 14.7 Å². The van der Waals surface area contributed by atoms with Crippen LogP contribution in [0.3, 0.4) is 0 Å². The SMILES string of the molecule is CCCC(N)CC(=O)Nc1ccc(C(=O)NCCO)cc1. The van der Waals surface area contributed by atoms with Gasteiger partial charge in [-0.25, -0.2) is 0 Å². The number of aliphatic hydroxyl groups excluding tert-OH is 1. The third-order valence-corrected chi connectivity index (χ3v) is 2.94. The van der Waals surface area contributed by atoms with E-state index in [1.807, 2.05) is 6.92 Å². The fraction of sp³-hybridized carbons (Fsp3) is 0.467. The molecule has 0 aliphatic heterocycles. The van der Waals surface area contributed by atoms with Gasteiger partial charge in [0.05, 0.1) is 6.61 Å². The second-order valence-electron chi connectivity index (χ2n) is 4.86. The number of hydrogen-bond donors (Lipinski definition) is 4. The maximum atomic E-state index is 11.8. The predicted molar refractivity (Wildman–Crippen MR) is 82.0 cm³/mol. The van der Waals surface area contributed by atoms with E-state index in [0.717, 1.165) is 12.8 Å². The second-order valence-corrected chi connectivity index (χ2v) is 4.86. The van der Waals surface area contributed by atoms with Gasteiger partial charge in [-0.15, -0.1) is 0 Å². The Kier molecular flexibility index (Phi) is 7.42. The van der Waals surface area contributed by atoms with Crippen LogP contribution in [0, 0.1) is 0 Å². The number of benzene rings is 1. The van der Waals surface area contributed by atoms with Crippen LogP contribution in [0.2, 0.25) is 0 Å². The van der Waals surface area contributed by atoms with Crippen LogP contribution in [-0.2, 0) is 4.79 Å². The third-order valence-electron chi connectivity index (χ3n) is 2.94. The number of amides is 2. The summed E-state index contributed by atoms with van der Waals surface area (Å²) in [4.78, 5) is 23.4. The highest BCUT2D eigenvalue weighted by Gasteiger charge is 2.09. The Hall–Kier alpha value is -1.92. The van der Waals surface area contributed by atoms with E-state index in [2.05, 4.69) is 10.6 Å². The summed E-state index contributed by atoms with van der Waals surface area (Å²) in [5, 5.41) is 13.9. The zero-order valence-corrected chi connectivity index (χ0v) is 12.3. The van der Waals surface area contributed by atoms with E-state index in [4.69, 9.17) is 10.8 Å². The van der Waals surface area contributed by atoms with Crippen LogP contribution in [0.5, 0.6) is 0 Å².